The molecular weight excluding hydrogens is 306 g/mol. The van der Waals surface area contributed by atoms with Crippen molar-refractivity contribution in [3.8, 4) is 11.5 Å². The largest absolute Gasteiger partial charge is 0.454 e. The Labute approximate surface area is 139 Å². The first-order valence-corrected chi connectivity index (χ1v) is 8.82. The molecule has 0 fully saturated rings. The zero-order valence-electron chi connectivity index (χ0n) is 13.4. The molecule has 0 amide bonds. The second-order valence-electron chi connectivity index (χ2n) is 5.91. The van der Waals surface area contributed by atoms with E-state index >= 15 is 0 Å². The number of ether oxygens (including phenoxy) is 2. The Morgan fingerprint density at radius 3 is 2.70 bits per heavy atom. The second kappa shape index (κ2) is 5.85. The molecule has 0 saturated heterocycles. The number of fused-ring (bicyclic) bond motifs is 2. The number of aryl methyl sites for hydroxylation is 2. The number of hydrogen-bond acceptors (Lipinski definition) is 4. The highest BCUT2D eigenvalue weighted by molar-refractivity contribution is 7.18. The first-order valence-electron chi connectivity index (χ1n) is 8.00. The van der Waals surface area contributed by atoms with Crippen LogP contribution < -0.4 is 9.47 Å². The lowest BCUT2D eigenvalue weighted by Gasteiger charge is -2.10. The minimum Gasteiger partial charge on any atom is -0.454 e. The van der Waals surface area contributed by atoms with Gasteiger partial charge >= 0.3 is 0 Å². The van der Waals surface area contributed by atoms with E-state index in [9.17, 15) is 0 Å². The Morgan fingerprint density at radius 1 is 1.17 bits per heavy atom. The van der Waals surface area contributed by atoms with Crippen LogP contribution in [0.3, 0.4) is 0 Å². The molecule has 1 aliphatic heterocycles. The SMILES string of the molecule is CCCc1cc2c(cc1Cc1sc3ncccc3c1C)OCO2. The van der Waals surface area contributed by atoms with Gasteiger partial charge in [-0.2, -0.15) is 0 Å². The number of nitrogens with zero attached hydrogens (tertiary/aromatic N) is 1. The van der Waals surface area contributed by atoms with Gasteiger partial charge in [-0.15, -0.1) is 11.3 Å². The summed E-state index contributed by atoms with van der Waals surface area (Å²) in [5.41, 5.74) is 4.05. The van der Waals surface area contributed by atoms with Gasteiger partial charge in [0.2, 0.25) is 6.79 Å². The van der Waals surface area contributed by atoms with Gasteiger partial charge in [0, 0.05) is 22.9 Å². The average molecular weight is 325 g/mol. The van der Waals surface area contributed by atoms with Crippen LogP contribution in [0.15, 0.2) is 30.5 Å². The summed E-state index contributed by atoms with van der Waals surface area (Å²) >= 11 is 1.80. The third-order valence-corrected chi connectivity index (χ3v) is 5.59. The Balaban J connectivity index is 1.76. The van der Waals surface area contributed by atoms with Gasteiger partial charge < -0.3 is 9.47 Å². The molecule has 4 heteroatoms. The standard InChI is InChI=1S/C19H19NO2S/c1-3-5-13-8-16-17(22-11-21-16)9-14(13)10-18-12(2)15-6-4-7-20-19(15)23-18/h4,6-9H,3,5,10-11H2,1-2H3. The van der Waals surface area contributed by atoms with Crippen LogP contribution in [-0.2, 0) is 12.8 Å². The Bertz CT molecular complexity index is 869. The molecule has 3 aromatic rings. The lowest BCUT2D eigenvalue weighted by Crippen LogP contribution is -1.96. The van der Waals surface area contributed by atoms with Crippen LogP contribution in [0.5, 0.6) is 11.5 Å². The van der Waals surface area contributed by atoms with Crippen molar-refractivity contribution in [2.24, 2.45) is 0 Å². The molecule has 118 valence electrons. The Hall–Kier alpha value is -2.07. The van der Waals surface area contributed by atoms with Crippen LogP contribution in [0.1, 0.15) is 34.9 Å². The Morgan fingerprint density at radius 2 is 1.96 bits per heavy atom. The molecule has 3 heterocycles. The van der Waals surface area contributed by atoms with Crippen molar-refractivity contribution in [3.63, 3.8) is 0 Å². The summed E-state index contributed by atoms with van der Waals surface area (Å²) in [6.45, 7) is 4.74. The van der Waals surface area contributed by atoms with E-state index in [0.29, 0.717) is 6.79 Å². The molecule has 0 spiro atoms. The van der Waals surface area contributed by atoms with E-state index in [1.807, 2.05) is 12.3 Å². The highest BCUT2D eigenvalue weighted by atomic mass is 32.1. The maximum absolute atomic E-state index is 5.57. The van der Waals surface area contributed by atoms with Crippen LogP contribution in [0.4, 0.5) is 0 Å². The molecule has 23 heavy (non-hydrogen) atoms. The van der Waals surface area contributed by atoms with Crippen molar-refractivity contribution in [3.05, 3.63) is 52.0 Å². The maximum Gasteiger partial charge on any atom is 0.231 e. The van der Waals surface area contributed by atoms with E-state index in [-0.39, 0.29) is 0 Å². The third-order valence-electron chi connectivity index (χ3n) is 4.38. The predicted octanol–water partition coefficient (Wildman–Crippen LogP) is 4.88. The molecule has 1 aromatic carbocycles. The number of pyridine rings is 1. The third kappa shape index (κ3) is 2.57. The summed E-state index contributed by atoms with van der Waals surface area (Å²) in [7, 11) is 0. The number of rotatable bonds is 4. The minimum atomic E-state index is 0.330. The van der Waals surface area contributed by atoms with Gasteiger partial charge in [0.25, 0.3) is 0 Å². The summed E-state index contributed by atoms with van der Waals surface area (Å²) in [6.07, 6.45) is 4.98. The molecule has 0 unspecified atom stereocenters. The quantitative estimate of drug-likeness (QED) is 0.685. The second-order valence-corrected chi connectivity index (χ2v) is 6.99. The van der Waals surface area contributed by atoms with Crippen molar-refractivity contribution in [2.45, 2.75) is 33.1 Å². The molecule has 0 aliphatic carbocycles. The summed E-state index contributed by atoms with van der Waals surface area (Å²) in [6, 6.07) is 8.48. The average Bonchev–Trinajstić information content (AvgIpc) is 3.13. The molecule has 0 atom stereocenters. The van der Waals surface area contributed by atoms with Crippen LogP contribution in [0.25, 0.3) is 10.2 Å². The fourth-order valence-corrected chi connectivity index (χ4v) is 4.30. The lowest BCUT2D eigenvalue weighted by molar-refractivity contribution is 0.174. The van der Waals surface area contributed by atoms with Crippen molar-refractivity contribution in [1.82, 2.24) is 4.98 Å². The first kappa shape index (κ1) is 14.5. The van der Waals surface area contributed by atoms with Crippen molar-refractivity contribution in [1.29, 1.82) is 0 Å². The topological polar surface area (TPSA) is 31.4 Å². The van der Waals surface area contributed by atoms with Gasteiger partial charge in [-0.1, -0.05) is 19.4 Å². The number of aromatic nitrogens is 1. The van der Waals surface area contributed by atoms with E-state index < -0.39 is 0 Å². The first-order chi connectivity index (χ1) is 11.3. The van der Waals surface area contributed by atoms with Gasteiger partial charge in [-0.3, -0.25) is 0 Å². The Kier molecular flexibility index (Phi) is 3.69. The lowest BCUT2D eigenvalue weighted by atomic mass is 9.98. The summed E-state index contributed by atoms with van der Waals surface area (Å²) in [5, 5.41) is 1.27. The molecule has 0 bridgehead atoms. The zero-order chi connectivity index (χ0) is 15.8. The minimum absolute atomic E-state index is 0.330. The van der Waals surface area contributed by atoms with E-state index in [4.69, 9.17) is 9.47 Å². The molecule has 4 rings (SSSR count). The molecule has 2 aromatic heterocycles. The molecule has 0 N–H and O–H groups in total. The van der Waals surface area contributed by atoms with E-state index in [0.717, 1.165) is 35.6 Å². The smallest absolute Gasteiger partial charge is 0.231 e. The molecule has 0 saturated carbocycles. The summed E-state index contributed by atoms with van der Waals surface area (Å²) in [4.78, 5) is 7.00. The van der Waals surface area contributed by atoms with Gasteiger partial charge in [0.15, 0.2) is 11.5 Å². The molecule has 0 radical (unpaired) electrons. The van der Waals surface area contributed by atoms with E-state index in [2.05, 4.69) is 37.0 Å². The zero-order valence-corrected chi connectivity index (χ0v) is 14.2. The van der Waals surface area contributed by atoms with E-state index in [1.165, 1.54) is 27.0 Å². The maximum atomic E-state index is 5.57. The van der Waals surface area contributed by atoms with Crippen LogP contribution >= 0.6 is 11.3 Å². The van der Waals surface area contributed by atoms with Crippen molar-refractivity contribution < 1.29 is 9.47 Å². The van der Waals surface area contributed by atoms with Crippen molar-refractivity contribution in [2.75, 3.05) is 6.79 Å². The van der Waals surface area contributed by atoms with Gasteiger partial charge in [0.05, 0.1) is 0 Å². The molecular formula is C19H19NO2S. The molecule has 1 aliphatic rings. The normalized spacial score (nSPS) is 13.0. The van der Waals surface area contributed by atoms with Crippen molar-refractivity contribution >= 4 is 21.6 Å². The number of benzene rings is 1. The van der Waals surface area contributed by atoms with Gasteiger partial charge in [0.1, 0.15) is 4.83 Å². The van der Waals surface area contributed by atoms with Crippen LogP contribution in [0, 0.1) is 6.92 Å². The fraction of sp³-hybridized carbons (Fsp3) is 0.316. The van der Waals surface area contributed by atoms with E-state index in [1.54, 1.807) is 11.3 Å². The number of hydrogen-bond donors (Lipinski definition) is 0. The monoisotopic (exact) mass is 325 g/mol. The van der Waals surface area contributed by atoms with Crippen LogP contribution in [-0.4, -0.2) is 11.8 Å². The van der Waals surface area contributed by atoms with Crippen LogP contribution in [0.2, 0.25) is 0 Å². The van der Waals surface area contributed by atoms with Gasteiger partial charge in [-0.25, -0.2) is 4.98 Å². The predicted molar refractivity (Wildman–Crippen MR) is 93.7 cm³/mol. The number of thiophene rings is 1. The fourth-order valence-electron chi connectivity index (χ4n) is 3.14. The molecule has 3 nitrogen and oxygen atoms in total. The highest BCUT2D eigenvalue weighted by Crippen LogP contribution is 2.38. The van der Waals surface area contributed by atoms with Gasteiger partial charge in [-0.05, 0) is 48.2 Å². The summed E-state index contributed by atoms with van der Waals surface area (Å²) < 4.78 is 11.1. The highest BCUT2D eigenvalue weighted by Gasteiger charge is 2.18. The summed E-state index contributed by atoms with van der Waals surface area (Å²) in [5.74, 6) is 1.75.